The third-order valence-corrected chi connectivity index (χ3v) is 9.14. The van der Waals surface area contributed by atoms with Gasteiger partial charge in [0.25, 0.3) is 5.91 Å². The van der Waals surface area contributed by atoms with E-state index in [2.05, 4.69) is 59.1 Å². The fourth-order valence-electron chi connectivity index (χ4n) is 5.82. The minimum Gasteiger partial charge on any atom is -0.342 e. The second kappa shape index (κ2) is 7.47. The second-order valence-electron chi connectivity index (χ2n) is 10.2. The first-order chi connectivity index (χ1) is 14.1. The van der Waals surface area contributed by atoms with E-state index in [9.17, 15) is 9.59 Å². The summed E-state index contributed by atoms with van der Waals surface area (Å²) in [6.07, 6.45) is 4.65. The van der Waals surface area contributed by atoms with Gasteiger partial charge < -0.3 is 4.90 Å². The largest absolute Gasteiger partial charge is 0.342 e. The number of likely N-dealkylation sites (tertiary alicyclic amines) is 1. The molecule has 1 heterocycles. The van der Waals surface area contributed by atoms with Gasteiger partial charge in [-0.25, -0.2) is 5.43 Å². The van der Waals surface area contributed by atoms with Crippen molar-refractivity contribution in [1.82, 2.24) is 10.3 Å². The number of hydrazone groups is 1. The number of piperidine rings is 1. The molecule has 2 saturated carbocycles. The van der Waals surface area contributed by atoms with E-state index in [-0.39, 0.29) is 16.7 Å². The van der Waals surface area contributed by atoms with Crippen molar-refractivity contribution in [2.75, 3.05) is 13.1 Å². The zero-order valence-corrected chi connectivity index (χ0v) is 20.0. The number of nitrogens with one attached hydrogen (secondary N) is 1. The summed E-state index contributed by atoms with van der Waals surface area (Å²) in [4.78, 5) is 28.4. The summed E-state index contributed by atoms with van der Waals surface area (Å²) < 4.78 is 0.931. The molecule has 4 rings (SSSR count). The lowest BCUT2D eigenvalue weighted by Crippen LogP contribution is -2.50. The molecule has 1 aromatic rings. The number of benzene rings is 1. The number of amides is 2. The van der Waals surface area contributed by atoms with E-state index in [1.54, 1.807) is 12.1 Å². The zero-order valence-electron chi connectivity index (χ0n) is 18.4. The highest BCUT2D eigenvalue weighted by Crippen LogP contribution is 2.71. The maximum Gasteiger partial charge on any atom is 0.271 e. The van der Waals surface area contributed by atoms with Gasteiger partial charge in [-0.05, 0) is 61.3 Å². The van der Waals surface area contributed by atoms with Gasteiger partial charge in [0.15, 0.2) is 0 Å². The summed E-state index contributed by atoms with van der Waals surface area (Å²) in [5.74, 6) is 0.778. The van der Waals surface area contributed by atoms with Gasteiger partial charge in [0.1, 0.15) is 0 Å². The first-order valence-electron chi connectivity index (χ1n) is 11.0. The van der Waals surface area contributed by atoms with Crippen LogP contribution in [-0.4, -0.2) is 35.5 Å². The monoisotopic (exact) mass is 473 g/mol. The predicted molar refractivity (Wildman–Crippen MR) is 122 cm³/mol. The van der Waals surface area contributed by atoms with E-state index in [1.165, 1.54) is 0 Å². The van der Waals surface area contributed by atoms with Gasteiger partial charge >= 0.3 is 0 Å². The van der Waals surface area contributed by atoms with Gasteiger partial charge in [-0.1, -0.05) is 43.6 Å². The highest BCUT2D eigenvalue weighted by atomic mass is 79.9. The van der Waals surface area contributed by atoms with Crippen LogP contribution in [-0.2, 0) is 4.79 Å². The van der Waals surface area contributed by atoms with E-state index in [4.69, 9.17) is 0 Å². The fourth-order valence-corrected chi connectivity index (χ4v) is 6.09. The van der Waals surface area contributed by atoms with Gasteiger partial charge in [0.05, 0.1) is 5.41 Å². The standard InChI is InChI=1S/C24H32BrN3O2/c1-16-9-13-28(14-10-16)21(30)24-12-11-23(4,22(24,2)3)19(15-24)26-27-20(29)17-5-7-18(25)8-6-17/h5-8,16H,9-15H2,1-4H3,(H,27,29)/b26-19+/t23-,24-/m1/s1. The van der Waals surface area contributed by atoms with Crippen LogP contribution >= 0.6 is 15.9 Å². The van der Waals surface area contributed by atoms with Crippen LogP contribution in [0.2, 0.25) is 0 Å². The Labute approximate surface area is 187 Å². The third-order valence-electron chi connectivity index (χ3n) is 8.61. The Morgan fingerprint density at radius 3 is 2.37 bits per heavy atom. The second-order valence-corrected chi connectivity index (χ2v) is 11.1. The molecule has 2 bridgehead atoms. The van der Waals surface area contributed by atoms with Crippen molar-refractivity contribution in [3.05, 3.63) is 34.3 Å². The van der Waals surface area contributed by atoms with E-state index in [1.807, 2.05) is 12.1 Å². The smallest absolute Gasteiger partial charge is 0.271 e. The molecule has 2 atom stereocenters. The maximum atomic E-state index is 13.8. The molecule has 3 aliphatic rings. The highest BCUT2D eigenvalue weighted by molar-refractivity contribution is 9.10. The number of nitrogens with zero attached hydrogens (tertiary/aromatic N) is 2. The molecular weight excluding hydrogens is 442 g/mol. The summed E-state index contributed by atoms with van der Waals surface area (Å²) in [5, 5.41) is 4.59. The van der Waals surface area contributed by atoms with Crippen molar-refractivity contribution in [3.8, 4) is 0 Å². The number of hydrogen-bond donors (Lipinski definition) is 1. The van der Waals surface area contributed by atoms with Crippen molar-refractivity contribution in [2.24, 2.45) is 27.3 Å². The normalized spacial score (nSPS) is 31.9. The Morgan fingerprint density at radius 2 is 1.73 bits per heavy atom. The minimum absolute atomic E-state index is 0.182. The lowest BCUT2D eigenvalue weighted by molar-refractivity contribution is -0.148. The summed E-state index contributed by atoms with van der Waals surface area (Å²) >= 11 is 3.39. The topological polar surface area (TPSA) is 61.8 Å². The Kier molecular flexibility index (Phi) is 5.36. The summed E-state index contributed by atoms with van der Waals surface area (Å²) in [6.45, 7) is 10.7. The van der Waals surface area contributed by atoms with Crippen molar-refractivity contribution in [2.45, 2.75) is 59.8 Å². The number of fused-ring (bicyclic) bond motifs is 2. The molecule has 2 amide bonds. The Hall–Kier alpha value is -1.69. The van der Waals surface area contributed by atoms with Crippen LogP contribution in [0.4, 0.5) is 0 Å². The molecular formula is C24H32BrN3O2. The summed E-state index contributed by atoms with van der Waals surface area (Å²) in [7, 11) is 0. The first kappa shape index (κ1) is 21.5. The summed E-state index contributed by atoms with van der Waals surface area (Å²) in [5.41, 5.74) is 3.50. The Morgan fingerprint density at radius 1 is 1.10 bits per heavy atom. The van der Waals surface area contributed by atoms with Crippen molar-refractivity contribution < 1.29 is 9.59 Å². The molecule has 1 aromatic carbocycles. The Balaban J connectivity index is 1.57. The fraction of sp³-hybridized carbons (Fsp3) is 0.625. The molecule has 0 aromatic heterocycles. The molecule has 1 saturated heterocycles. The van der Waals surface area contributed by atoms with E-state index >= 15 is 0 Å². The van der Waals surface area contributed by atoms with Crippen molar-refractivity contribution >= 4 is 33.5 Å². The number of carbonyl (C=O) groups excluding carboxylic acids is 2. The third kappa shape index (κ3) is 3.14. The summed E-state index contributed by atoms with van der Waals surface area (Å²) in [6, 6.07) is 7.23. The van der Waals surface area contributed by atoms with Gasteiger partial charge in [0.2, 0.25) is 5.91 Å². The molecule has 0 radical (unpaired) electrons. The van der Waals surface area contributed by atoms with E-state index in [0.29, 0.717) is 23.8 Å². The van der Waals surface area contributed by atoms with E-state index in [0.717, 1.165) is 49.0 Å². The quantitative estimate of drug-likeness (QED) is 0.626. The zero-order chi connectivity index (χ0) is 21.7. The molecule has 1 aliphatic heterocycles. The van der Waals surface area contributed by atoms with Crippen LogP contribution in [0.3, 0.4) is 0 Å². The van der Waals surface area contributed by atoms with E-state index < -0.39 is 5.41 Å². The van der Waals surface area contributed by atoms with Gasteiger partial charge in [-0.15, -0.1) is 0 Å². The first-order valence-corrected chi connectivity index (χ1v) is 11.8. The average Bonchev–Trinajstić information content (AvgIpc) is 3.03. The Bertz CT molecular complexity index is 886. The maximum absolute atomic E-state index is 13.8. The van der Waals surface area contributed by atoms with Gasteiger partial charge in [0, 0.05) is 40.7 Å². The van der Waals surface area contributed by atoms with Gasteiger partial charge in [-0.3, -0.25) is 9.59 Å². The van der Waals surface area contributed by atoms with Crippen molar-refractivity contribution in [3.63, 3.8) is 0 Å². The number of rotatable bonds is 3. The molecule has 0 spiro atoms. The number of hydrogen-bond acceptors (Lipinski definition) is 3. The van der Waals surface area contributed by atoms with Crippen LogP contribution < -0.4 is 5.43 Å². The van der Waals surface area contributed by atoms with Gasteiger partial charge in [-0.2, -0.15) is 5.10 Å². The molecule has 6 heteroatoms. The van der Waals surface area contributed by atoms with Crippen LogP contribution in [0.1, 0.15) is 70.2 Å². The SMILES string of the molecule is CC1CCN(C(=O)[C@@]23CC[C@](C)(/C(=N/NC(=O)c4ccc(Br)cc4)C2)C3(C)C)CC1. The molecule has 5 nitrogen and oxygen atoms in total. The average molecular weight is 474 g/mol. The minimum atomic E-state index is -0.413. The molecule has 3 fully saturated rings. The molecule has 0 unspecified atom stereocenters. The lowest BCUT2D eigenvalue weighted by atomic mass is 9.64. The number of carbonyl (C=O) groups is 2. The van der Waals surface area contributed by atoms with Crippen LogP contribution in [0.5, 0.6) is 0 Å². The molecule has 2 aliphatic carbocycles. The number of halogens is 1. The van der Waals surface area contributed by atoms with Crippen LogP contribution in [0.15, 0.2) is 33.8 Å². The highest BCUT2D eigenvalue weighted by Gasteiger charge is 2.72. The molecule has 1 N–H and O–H groups in total. The van der Waals surface area contributed by atoms with Crippen molar-refractivity contribution in [1.29, 1.82) is 0 Å². The molecule has 162 valence electrons. The predicted octanol–water partition coefficient (Wildman–Crippen LogP) is 5.01. The lowest BCUT2D eigenvalue weighted by Gasteiger charge is -2.43. The van der Waals surface area contributed by atoms with Crippen LogP contribution in [0.25, 0.3) is 0 Å². The molecule has 30 heavy (non-hydrogen) atoms. The van der Waals surface area contributed by atoms with Crippen LogP contribution in [0, 0.1) is 22.2 Å².